The second kappa shape index (κ2) is 9.11. The monoisotopic (exact) mass is 452 g/mol. The molecule has 1 N–H and O–H groups in total. The topological polar surface area (TPSA) is 67.9 Å². The van der Waals surface area contributed by atoms with Crippen LogP contribution in [0.5, 0.6) is 11.5 Å². The van der Waals surface area contributed by atoms with Crippen molar-refractivity contribution < 1.29 is 23.5 Å². The highest BCUT2D eigenvalue weighted by atomic mass is 35.5. The Bertz CT molecular complexity index is 1190. The first-order valence-electron chi connectivity index (χ1n) is 9.64. The number of hydrazine groups is 1. The van der Waals surface area contributed by atoms with Crippen LogP contribution in [0.15, 0.2) is 72.3 Å². The van der Waals surface area contributed by atoms with Crippen molar-refractivity contribution in [3.8, 4) is 11.5 Å². The molecule has 1 heterocycles. The van der Waals surface area contributed by atoms with Gasteiger partial charge in [0.1, 0.15) is 18.0 Å². The predicted octanol–water partition coefficient (Wildman–Crippen LogP) is 4.53. The number of nitrogens with one attached hydrogen (secondary N) is 1. The number of benzene rings is 3. The van der Waals surface area contributed by atoms with E-state index in [-0.39, 0.29) is 22.8 Å². The Labute approximate surface area is 188 Å². The van der Waals surface area contributed by atoms with E-state index in [1.165, 1.54) is 30.3 Å². The number of para-hydroxylation sites is 1. The highest BCUT2D eigenvalue weighted by molar-refractivity contribution is 6.32. The van der Waals surface area contributed by atoms with Gasteiger partial charge in [-0.25, -0.2) is 9.40 Å². The summed E-state index contributed by atoms with van der Waals surface area (Å²) in [4.78, 5) is 25.2. The molecule has 1 fully saturated rings. The third kappa shape index (κ3) is 4.29. The van der Waals surface area contributed by atoms with E-state index in [4.69, 9.17) is 21.1 Å². The van der Waals surface area contributed by atoms with Crippen LogP contribution in [0.25, 0.3) is 6.08 Å². The lowest BCUT2D eigenvalue weighted by Crippen LogP contribution is -2.35. The average molecular weight is 453 g/mol. The Kier molecular flexibility index (Phi) is 6.09. The van der Waals surface area contributed by atoms with Gasteiger partial charge < -0.3 is 9.47 Å². The maximum absolute atomic E-state index is 14.1. The fourth-order valence-corrected chi connectivity index (χ4v) is 3.42. The van der Waals surface area contributed by atoms with Gasteiger partial charge in [-0.15, -0.1) is 0 Å². The van der Waals surface area contributed by atoms with Crippen LogP contribution in [0.1, 0.15) is 11.1 Å². The molecule has 0 unspecified atom stereocenters. The molecule has 2 amide bonds. The van der Waals surface area contributed by atoms with Crippen LogP contribution in [0.2, 0.25) is 5.02 Å². The first-order valence-corrected chi connectivity index (χ1v) is 10.0. The van der Waals surface area contributed by atoms with E-state index < -0.39 is 17.6 Å². The van der Waals surface area contributed by atoms with Gasteiger partial charge in [0.15, 0.2) is 11.5 Å². The van der Waals surface area contributed by atoms with Gasteiger partial charge in [0, 0.05) is 5.56 Å². The van der Waals surface area contributed by atoms with Crippen molar-refractivity contribution in [2.45, 2.75) is 6.61 Å². The van der Waals surface area contributed by atoms with Crippen molar-refractivity contribution in [1.29, 1.82) is 0 Å². The van der Waals surface area contributed by atoms with Crippen LogP contribution in [-0.4, -0.2) is 18.9 Å². The van der Waals surface area contributed by atoms with Crippen molar-refractivity contribution in [2.24, 2.45) is 0 Å². The van der Waals surface area contributed by atoms with Crippen LogP contribution in [-0.2, 0) is 16.2 Å². The van der Waals surface area contributed by atoms with E-state index in [2.05, 4.69) is 5.43 Å². The van der Waals surface area contributed by atoms with Crippen LogP contribution < -0.4 is 19.9 Å². The number of amides is 2. The number of carbonyl (C=O) groups excluding carboxylic acids is 2. The quantitative estimate of drug-likeness (QED) is 0.441. The fourth-order valence-electron chi connectivity index (χ4n) is 3.20. The van der Waals surface area contributed by atoms with E-state index in [1.54, 1.807) is 48.5 Å². The second-order valence-electron chi connectivity index (χ2n) is 6.87. The third-order valence-corrected chi connectivity index (χ3v) is 5.19. The molecule has 6 nitrogen and oxygen atoms in total. The summed E-state index contributed by atoms with van der Waals surface area (Å²) in [5.41, 5.74) is 3.82. The van der Waals surface area contributed by atoms with Crippen LogP contribution >= 0.6 is 11.6 Å². The maximum atomic E-state index is 14.1. The number of anilines is 1. The molecule has 1 aliphatic rings. The average Bonchev–Trinajstić information content (AvgIpc) is 3.08. The summed E-state index contributed by atoms with van der Waals surface area (Å²) in [5.74, 6) is -0.753. The van der Waals surface area contributed by atoms with E-state index in [1.807, 2.05) is 6.07 Å². The smallest absolute Gasteiger partial charge is 0.282 e. The van der Waals surface area contributed by atoms with Crippen molar-refractivity contribution in [3.05, 3.63) is 94.3 Å². The summed E-state index contributed by atoms with van der Waals surface area (Å²) < 4.78 is 25.1. The molecule has 0 bridgehead atoms. The highest BCUT2D eigenvalue weighted by Gasteiger charge is 2.34. The number of nitrogens with zero attached hydrogens (tertiary/aromatic N) is 1. The molecule has 3 aromatic rings. The SMILES string of the molecule is COc1ccc(C=C2C(=O)NN(c3ccccc3)C2=O)cc1OCc1c(F)cccc1Cl. The van der Waals surface area contributed by atoms with Gasteiger partial charge in [0.05, 0.1) is 17.8 Å². The van der Waals surface area contributed by atoms with E-state index in [0.717, 1.165) is 0 Å². The molecule has 0 atom stereocenters. The Balaban J connectivity index is 1.60. The largest absolute Gasteiger partial charge is 0.493 e. The van der Waals surface area contributed by atoms with Crippen molar-refractivity contribution in [2.75, 3.05) is 12.1 Å². The van der Waals surface area contributed by atoms with Gasteiger partial charge in [-0.2, -0.15) is 0 Å². The van der Waals surface area contributed by atoms with E-state index >= 15 is 0 Å². The first-order chi connectivity index (χ1) is 15.5. The van der Waals surface area contributed by atoms with Crippen LogP contribution in [0.4, 0.5) is 10.1 Å². The second-order valence-corrected chi connectivity index (χ2v) is 7.28. The number of methoxy groups -OCH3 is 1. The lowest BCUT2D eigenvalue weighted by molar-refractivity contribution is -0.117. The summed E-state index contributed by atoms with van der Waals surface area (Å²) >= 11 is 6.06. The number of rotatable bonds is 6. The molecule has 8 heteroatoms. The lowest BCUT2D eigenvalue weighted by Gasteiger charge is -2.14. The normalized spacial score (nSPS) is 14.6. The molecule has 0 aliphatic carbocycles. The Hall–Kier alpha value is -3.84. The molecular weight excluding hydrogens is 435 g/mol. The maximum Gasteiger partial charge on any atom is 0.282 e. The minimum atomic E-state index is -0.518. The highest BCUT2D eigenvalue weighted by Crippen LogP contribution is 2.31. The van der Waals surface area contributed by atoms with Gasteiger partial charge in [-0.3, -0.25) is 15.0 Å². The van der Waals surface area contributed by atoms with Gasteiger partial charge in [0.2, 0.25) is 0 Å². The number of halogens is 2. The molecule has 0 saturated carbocycles. The Morgan fingerprint density at radius 2 is 1.81 bits per heavy atom. The predicted molar refractivity (Wildman–Crippen MR) is 119 cm³/mol. The molecule has 0 radical (unpaired) electrons. The first kappa shape index (κ1) is 21.4. The summed E-state index contributed by atoms with van der Waals surface area (Å²) in [7, 11) is 1.47. The Morgan fingerprint density at radius 1 is 1.03 bits per heavy atom. The Morgan fingerprint density at radius 3 is 2.53 bits per heavy atom. The van der Waals surface area contributed by atoms with E-state index in [9.17, 15) is 14.0 Å². The number of hydrogen-bond acceptors (Lipinski definition) is 4. The summed E-state index contributed by atoms with van der Waals surface area (Å²) in [5, 5.41) is 1.44. The number of hydrogen-bond donors (Lipinski definition) is 1. The zero-order chi connectivity index (χ0) is 22.7. The van der Waals surface area contributed by atoms with Crippen LogP contribution in [0.3, 0.4) is 0 Å². The summed E-state index contributed by atoms with van der Waals surface area (Å²) in [6, 6.07) is 18.1. The minimum absolute atomic E-state index is 0.0258. The standard InChI is InChI=1S/C24H18ClFN2O4/c1-31-21-11-10-15(13-22(21)32-14-18-19(25)8-5-9-20(18)26)12-17-23(29)27-28(24(17)30)16-6-3-2-4-7-16/h2-13H,14H2,1H3,(H,27,29). The molecule has 0 spiro atoms. The van der Waals surface area contributed by atoms with Crippen molar-refractivity contribution in [3.63, 3.8) is 0 Å². The summed E-state index contributed by atoms with van der Waals surface area (Å²) in [6.07, 6.45) is 1.46. The summed E-state index contributed by atoms with van der Waals surface area (Å²) in [6.45, 7) is -0.122. The molecule has 0 aromatic heterocycles. The molecule has 4 rings (SSSR count). The molecular formula is C24H18ClFN2O4. The number of carbonyl (C=O) groups is 2. The number of ether oxygens (including phenoxy) is 2. The van der Waals surface area contributed by atoms with Crippen molar-refractivity contribution >= 4 is 35.2 Å². The van der Waals surface area contributed by atoms with Crippen molar-refractivity contribution in [1.82, 2.24) is 5.43 Å². The zero-order valence-electron chi connectivity index (χ0n) is 17.0. The zero-order valence-corrected chi connectivity index (χ0v) is 17.7. The molecule has 32 heavy (non-hydrogen) atoms. The van der Waals surface area contributed by atoms with E-state index in [0.29, 0.717) is 22.7 Å². The van der Waals surface area contributed by atoms with Gasteiger partial charge >= 0.3 is 0 Å². The lowest BCUT2D eigenvalue weighted by atomic mass is 10.1. The molecule has 3 aromatic carbocycles. The third-order valence-electron chi connectivity index (χ3n) is 4.84. The molecule has 1 aliphatic heterocycles. The fraction of sp³-hybridized carbons (Fsp3) is 0.0833. The van der Waals surface area contributed by atoms with Gasteiger partial charge in [-0.05, 0) is 48.0 Å². The molecule has 162 valence electrons. The van der Waals surface area contributed by atoms with Gasteiger partial charge in [0.25, 0.3) is 11.8 Å². The minimum Gasteiger partial charge on any atom is -0.493 e. The molecule has 1 saturated heterocycles. The van der Waals surface area contributed by atoms with Gasteiger partial charge in [-0.1, -0.05) is 41.9 Å². The van der Waals surface area contributed by atoms with Crippen LogP contribution in [0, 0.1) is 5.82 Å².